The Kier molecular flexibility index (Phi) is 3.40. The van der Waals surface area contributed by atoms with E-state index < -0.39 is 0 Å². The van der Waals surface area contributed by atoms with E-state index in [1.165, 1.54) is 0 Å². The molecule has 112 valence electrons. The molecule has 0 bridgehead atoms. The Balaban J connectivity index is 1.80. The van der Waals surface area contributed by atoms with Crippen molar-refractivity contribution in [3.8, 4) is 5.95 Å². The summed E-state index contributed by atoms with van der Waals surface area (Å²) in [4.78, 5) is 14.2. The molecule has 2 aromatic heterocycles. The maximum atomic E-state index is 12.5. The van der Waals surface area contributed by atoms with Gasteiger partial charge in [0, 0.05) is 12.6 Å². The van der Waals surface area contributed by atoms with Gasteiger partial charge in [-0.2, -0.15) is 0 Å². The van der Waals surface area contributed by atoms with E-state index in [9.17, 15) is 4.79 Å². The molecule has 3 heterocycles. The minimum atomic E-state index is -0.153. The molecule has 1 amide bonds. The largest absolute Gasteiger partial charge is 0.465 e. The molecule has 0 fully saturated rings. The number of carbonyl (C=O) groups excluding carboxylic acids is 1. The summed E-state index contributed by atoms with van der Waals surface area (Å²) in [5.74, 6) is 2.18. The second kappa shape index (κ2) is 5.23. The minimum Gasteiger partial charge on any atom is -0.465 e. The fourth-order valence-electron chi connectivity index (χ4n) is 2.70. The molecule has 0 saturated carbocycles. The number of fused-ring (bicyclic) bond motifs is 1. The van der Waals surface area contributed by atoms with Gasteiger partial charge in [-0.15, -0.1) is 10.2 Å². The molecular formula is C14H18N4O3. The smallest absolute Gasteiger partial charge is 0.290 e. The zero-order valence-electron chi connectivity index (χ0n) is 12.4. The molecule has 0 N–H and O–H groups in total. The van der Waals surface area contributed by atoms with Crippen LogP contribution in [0.2, 0.25) is 0 Å². The number of aromatic nitrogens is 3. The van der Waals surface area contributed by atoms with Crippen molar-refractivity contribution in [2.24, 2.45) is 0 Å². The number of carbonyl (C=O) groups is 1. The number of hydrogen-bond acceptors (Lipinski definition) is 5. The normalized spacial score (nSPS) is 17.7. The van der Waals surface area contributed by atoms with Gasteiger partial charge in [-0.1, -0.05) is 0 Å². The topological polar surface area (TPSA) is 73.4 Å². The van der Waals surface area contributed by atoms with Crippen molar-refractivity contribution in [1.82, 2.24) is 19.7 Å². The molecule has 0 spiro atoms. The van der Waals surface area contributed by atoms with E-state index in [1.54, 1.807) is 17.0 Å². The van der Waals surface area contributed by atoms with Crippen molar-refractivity contribution in [3.05, 3.63) is 29.5 Å². The summed E-state index contributed by atoms with van der Waals surface area (Å²) < 4.78 is 12.7. The van der Waals surface area contributed by atoms with E-state index >= 15 is 0 Å². The lowest BCUT2D eigenvalue weighted by Gasteiger charge is -2.31. The van der Waals surface area contributed by atoms with Crippen LogP contribution in [0, 0.1) is 6.92 Å². The highest BCUT2D eigenvalue weighted by molar-refractivity contribution is 5.91. The van der Waals surface area contributed by atoms with Crippen LogP contribution in [0.25, 0.3) is 0 Å². The Labute approximate surface area is 122 Å². The number of rotatable bonds is 3. The quantitative estimate of drug-likeness (QED) is 0.861. The van der Waals surface area contributed by atoms with Gasteiger partial charge in [-0.05, 0) is 26.8 Å². The SMILES string of the molecule is CCOc1ccc(C(=O)N2Cc3nnc(C)n3C(C)C2)o1. The molecule has 0 aliphatic carbocycles. The van der Waals surface area contributed by atoms with Gasteiger partial charge in [0.25, 0.3) is 11.9 Å². The first kappa shape index (κ1) is 13.7. The standard InChI is InChI=1S/C14H18N4O3/c1-4-20-13-6-5-11(21-13)14(19)17-7-9(2)18-10(3)15-16-12(18)8-17/h5-6,9H,4,7-8H2,1-3H3. The fraction of sp³-hybridized carbons (Fsp3) is 0.500. The van der Waals surface area contributed by atoms with Gasteiger partial charge >= 0.3 is 0 Å². The average Bonchev–Trinajstić information content (AvgIpc) is 3.06. The molecule has 7 nitrogen and oxygen atoms in total. The Morgan fingerprint density at radius 3 is 3.05 bits per heavy atom. The summed E-state index contributed by atoms with van der Waals surface area (Å²) in [7, 11) is 0. The third-order valence-electron chi connectivity index (χ3n) is 3.56. The van der Waals surface area contributed by atoms with E-state index in [-0.39, 0.29) is 17.7 Å². The summed E-state index contributed by atoms with van der Waals surface area (Å²) in [5, 5.41) is 8.21. The fourth-order valence-corrected chi connectivity index (χ4v) is 2.70. The predicted molar refractivity (Wildman–Crippen MR) is 74.1 cm³/mol. The summed E-state index contributed by atoms with van der Waals surface area (Å²) in [6.45, 7) is 7.39. The van der Waals surface area contributed by atoms with Crippen LogP contribution in [-0.2, 0) is 6.54 Å². The van der Waals surface area contributed by atoms with Gasteiger partial charge in [0.2, 0.25) is 0 Å². The van der Waals surface area contributed by atoms with Gasteiger partial charge in [-0.25, -0.2) is 0 Å². The van der Waals surface area contributed by atoms with Gasteiger partial charge in [0.05, 0.1) is 19.2 Å². The molecule has 0 radical (unpaired) electrons. The molecule has 1 aliphatic rings. The number of furan rings is 1. The molecular weight excluding hydrogens is 272 g/mol. The summed E-state index contributed by atoms with van der Waals surface area (Å²) in [6, 6.07) is 3.45. The summed E-state index contributed by atoms with van der Waals surface area (Å²) >= 11 is 0. The molecule has 0 saturated heterocycles. The molecule has 1 atom stereocenters. The van der Waals surface area contributed by atoms with E-state index in [0.29, 0.717) is 25.6 Å². The van der Waals surface area contributed by atoms with Crippen LogP contribution in [0.15, 0.2) is 16.5 Å². The average molecular weight is 290 g/mol. The number of hydrogen-bond donors (Lipinski definition) is 0. The lowest BCUT2D eigenvalue weighted by atomic mass is 10.2. The van der Waals surface area contributed by atoms with E-state index in [2.05, 4.69) is 14.8 Å². The Hall–Kier alpha value is -2.31. The van der Waals surface area contributed by atoms with Crippen molar-refractivity contribution in [2.75, 3.05) is 13.2 Å². The van der Waals surface area contributed by atoms with Crippen LogP contribution in [0.4, 0.5) is 0 Å². The van der Waals surface area contributed by atoms with Crippen molar-refractivity contribution < 1.29 is 13.9 Å². The van der Waals surface area contributed by atoms with Gasteiger partial charge in [0.1, 0.15) is 5.82 Å². The van der Waals surface area contributed by atoms with Crippen molar-refractivity contribution in [3.63, 3.8) is 0 Å². The Bertz CT molecular complexity index is 661. The molecule has 1 unspecified atom stereocenters. The van der Waals surface area contributed by atoms with Crippen LogP contribution in [0.5, 0.6) is 5.95 Å². The second-order valence-corrected chi connectivity index (χ2v) is 5.12. The van der Waals surface area contributed by atoms with Crippen molar-refractivity contribution in [2.45, 2.75) is 33.4 Å². The monoisotopic (exact) mass is 290 g/mol. The predicted octanol–water partition coefficient (Wildman–Crippen LogP) is 1.80. The first-order valence-electron chi connectivity index (χ1n) is 7.02. The third kappa shape index (κ3) is 2.39. The molecule has 2 aromatic rings. The zero-order chi connectivity index (χ0) is 15.0. The highest BCUT2D eigenvalue weighted by Gasteiger charge is 2.30. The minimum absolute atomic E-state index is 0.147. The number of amides is 1. The third-order valence-corrected chi connectivity index (χ3v) is 3.56. The first-order chi connectivity index (χ1) is 10.1. The van der Waals surface area contributed by atoms with Crippen molar-refractivity contribution >= 4 is 5.91 Å². The lowest BCUT2D eigenvalue weighted by Crippen LogP contribution is -2.40. The zero-order valence-corrected chi connectivity index (χ0v) is 12.4. The number of aryl methyl sites for hydroxylation is 1. The molecule has 7 heteroatoms. The maximum absolute atomic E-state index is 12.5. The summed E-state index contributed by atoms with van der Waals surface area (Å²) in [5.41, 5.74) is 0. The Morgan fingerprint density at radius 2 is 2.29 bits per heavy atom. The van der Waals surface area contributed by atoms with E-state index in [0.717, 1.165) is 11.6 Å². The van der Waals surface area contributed by atoms with Gasteiger partial charge in [-0.3, -0.25) is 4.79 Å². The maximum Gasteiger partial charge on any atom is 0.290 e. The molecule has 0 aromatic carbocycles. The number of nitrogens with zero attached hydrogens (tertiary/aromatic N) is 4. The first-order valence-corrected chi connectivity index (χ1v) is 7.02. The molecule has 21 heavy (non-hydrogen) atoms. The highest BCUT2D eigenvalue weighted by Crippen LogP contribution is 2.24. The Morgan fingerprint density at radius 1 is 1.48 bits per heavy atom. The second-order valence-electron chi connectivity index (χ2n) is 5.12. The van der Waals surface area contributed by atoms with Crippen LogP contribution >= 0.6 is 0 Å². The molecule has 3 rings (SSSR count). The van der Waals surface area contributed by atoms with E-state index in [4.69, 9.17) is 9.15 Å². The number of ether oxygens (including phenoxy) is 1. The van der Waals surface area contributed by atoms with Gasteiger partial charge in [0.15, 0.2) is 11.6 Å². The molecule has 1 aliphatic heterocycles. The highest BCUT2D eigenvalue weighted by atomic mass is 16.6. The van der Waals surface area contributed by atoms with Crippen LogP contribution in [0.3, 0.4) is 0 Å². The van der Waals surface area contributed by atoms with Crippen LogP contribution < -0.4 is 4.74 Å². The van der Waals surface area contributed by atoms with E-state index in [1.807, 2.05) is 20.8 Å². The summed E-state index contributed by atoms with van der Waals surface area (Å²) in [6.07, 6.45) is 0. The van der Waals surface area contributed by atoms with Gasteiger partial charge < -0.3 is 18.6 Å². The lowest BCUT2D eigenvalue weighted by molar-refractivity contribution is 0.0640. The van der Waals surface area contributed by atoms with Crippen molar-refractivity contribution in [1.29, 1.82) is 0 Å². The van der Waals surface area contributed by atoms with Crippen LogP contribution in [0.1, 0.15) is 42.1 Å². The van der Waals surface area contributed by atoms with Crippen LogP contribution in [-0.4, -0.2) is 38.7 Å².